The van der Waals surface area contributed by atoms with Gasteiger partial charge in [0, 0.05) is 58.7 Å². The van der Waals surface area contributed by atoms with Crippen LogP contribution in [-0.4, -0.2) is 81.3 Å². The Balaban J connectivity index is 0.00000101. The number of carbonyl (C=O) groups is 3. The van der Waals surface area contributed by atoms with Gasteiger partial charge in [-0.2, -0.15) is 10.1 Å². The Kier molecular flexibility index (Phi) is 9.52. The number of hydrogen-bond acceptors (Lipinski definition) is 7. The molecule has 1 saturated carbocycles. The molecule has 0 spiro atoms. The third-order valence-corrected chi connectivity index (χ3v) is 5.39. The highest BCUT2D eigenvalue weighted by molar-refractivity contribution is 5.76. The van der Waals surface area contributed by atoms with Gasteiger partial charge in [0.15, 0.2) is 0 Å². The van der Waals surface area contributed by atoms with Crippen LogP contribution in [-0.2, 0) is 21.4 Å². The first-order chi connectivity index (χ1) is 14.4. The van der Waals surface area contributed by atoms with Gasteiger partial charge in [0.25, 0.3) is 6.47 Å². The molecule has 0 aromatic carbocycles. The molecule has 0 bridgehead atoms. The van der Waals surface area contributed by atoms with Crippen molar-refractivity contribution in [2.45, 2.75) is 51.1 Å². The van der Waals surface area contributed by atoms with Gasteiger partial charge in [-0.05, 0) is 31.6 Å². The molecule has 1 aliphatic carbocycles. The van der Waals surface area contributed by atoms with E-state index < -0.39 is 0 Å². The van der Waals surface area contributed by atoms with Crippen molar-refractivity contribution in [2.24, 2.45) is 13.0 Å². The van der Waals surface area contributed by atoms with E-state index in [1.165, 1.54) is 19.2 Å². The molecule has 1 saturated heterocycles. The van der Waals surface area contributed by atoms with Crippen LogP contribution in [0, 0.1) is 5.92 Å². The van der Waals surface area contributed by atoms with Crippen LogP contribution < -0.4 is 16.0 Å². The molecule has 3 rings (SSSR count). The van der Waals surface area contributed by atoms with Crippen LogP contribution >= 0.6 is 0 Å². The SMILES string of the molecule is CC(=O)NC[C@H]1CC[C@@H](CC(=O)NCCNc2ncnn2C)N1CC1CC1.O=CO. The van der Waals surface area contributed by atoms with Crippen molar-refractivity contribution in [3.05, 3.63) is 6.33 Å². The molecule has 0 radical (unpaired) electrons. The number of carboxylic acid groups (broad SMARTS) is 1. The summed E-state index contributed by atoms with van der Waals surface area (Å²) in [6, 6.07) is 0.626. The number of amides is 2. The Morgan fingerprint density at radius 2 is 1.90 bits per heavy atom. The van der Waals surface area contributed by atoms with Gasteiger partial charge in [-0.3, -0.25) is 19.3 Å². The molecular formula is C19H33N7O4. The first kappa shape index (κ1) is 23.6. The van der Waals surface area contributed by atoms with Crippen molar-refractivity contribution in [3.8, 4) is 0 Å². The normalized spacial score (nSPS) is 20.7. The summed E-state index contributed by atoms with van der Waals surface area (Å²) >= 11 is 0. The van der Waals surface area contributed by atoms with Crippen LogP contribution in [0.1, 0.15) is 39.0 Å². The monoisotopic (exact) mass is 423 g/mol. The first-order valence-corrected chi connectivity index (χ1v) is 10.4. The van der Waals surface area contributed by atoms with Gasteiger partial charge >= 0.3 is 0 Å². The number of hydrogen-bond donors (Lipinski definition) is 4. The molecule has 168 valence electrons. The van der Waals surface area contributed by atoms with E-state index in [-0.39, 0.29) is 24.3 Å². The summed E-state index contributed by atoms with van der Waals surface area (Å²) in [6.45, 7) is 4.20. The molecule has 2 heterocycles. The average Bonchev–Trinajstić information content (AvgIpc) is 3.31. The molecule has 0 unspecified atom stereocenters. The molecule has 2 atom stereocenters. The minimum atomic E-state index is -0.250. The zero-order valence-corrected chi connectivity index (χ0v) is 17.7. The van der Waals surface area contributed by atoms with Crippen LogP contribution in [0.5, 0.6) is 0 Å². The van der Waals surface area contributed by atoms with Crippen molar-refractivity contribution < 1.29 is 19.5 Å². The Morgan fingerprint density at radius 3 is 2.50 bits per heavy atom. The van der Waals surface area contributed by atoms with Crippen molar-refractivity contribution in [1.82, 2.24) is 30.3 Å². The zero-order valence-electron chi connectivity index (χ0n) is 17.7. The highest BCUT2D eigenvalue weighted by atomic mass is 16.3. The molecule has 1 aromatic rings. The van der Waals surface area contributed by atoms with Crippen molar-refractivity contribution in [1.29, 1.82) is 0 Å². The van der Waals surface area contributed by atoms with Gasteiger partial charge in [0.2, 0.25) is 17.8 Å². The van der Waals surface area contributed by atoms with Crippen LogP contribution in [0.15, 0.2) is 6.33 Å². The van der Waals surface area contributed by atoms with E-state index in [9.17, 15) is 9.59 Å². The highest BCUT2D eigenvalue weighted by Crippen LogP contribution is 2.35. The molecule has 30 heavy (non-hydrogen) atoms. The van der Waals surface area contributed by atoms with Crippen LogP contribution in [0.3, 0.4) is 0 Å². The number of likely N-dealkylation sites (tertiary alicyclic amines) is 1. The van der Waals surface area contributed by atoms with Gasteiger partial charge in [0.1, 0.15) is 6.33 Å². The fourth-order valence-corrected chi connectivity index (χ4v) is 3.73. The average molecular weight is 424 g/mol. The van der Waals surface area contributed by atoms with Gasteiger partial charge < -0.3 is 21.1 Å². The van der Waals surface area contributed by atoms with Crippen LogP contribution in [0.2, 0.25) is 0 Å². The van der Waals surface area contributed by atoms with E-state index in [1.54, 1.807) is 11.6 Å². The third kappa shape index (κ3) is 7.97. The van der Waals surface area contributed by atoms with Crippen LogP contribution in [0.25, 0.3) is 0 Å². The molecule has 1 aromatic heterocycles. The van der Waals surface area contributed by atoms with E-state index in [4.69, 9.17) is 9.90 Å². The maximum atomic E-state index is 12.4. The van der Waals surface area contributed by atoms with E-state index in [2.05, 4.69) is 30.9 Å². The minimum Gasteiger partial charge on any atom is -0.483 e. The number of carbonyl (C=O) groups excluding carboxylic acids is 2. The predicted molar refractivity (Wildman–Crippen MR) is 111 cm³/mol. The summed E-state index contributed by atoms with van der Waals surface area (Å²) in [5.74, 6) is 1.55. The van der Waals surface area contributed by atoms with Gasteiger partial charge in [0.05, 0.1) is 0 Å². The minimum absolute atomic E-state index is 0.0120. The molecule has 2 fully saturated rings. The van der Waals surface area contributed by atoms with Crippen molar-refractivity contribution in [3.63, 3.8) is 0 Å². The lowest BCUT2D eigenvalue weighted by Crippen LogP contribution is -2.45. The summed E-state index contributed by atoms with van der Waals surface area (Å²) in [7, 11) is 1.82. The largest absolute Gasteiger partial charge is 0.483 e. The van der Waals surface area contributed by atoms with E-state index in [1.807, 2.05) is 7.05 Å². The highest BCUT2D eigenvalue weighted by Gasteiger charge is 2.37. The topological polar surface area (TPSA) is 141 Å². The number of nitrogens with one attached hydrogen (secondary N) is 3. The van der Waals surface area contributed by atoms with E-state index in [0.717, 1.165) is 25.3 Å². The Bertz CT molecular complexity index is 692. The van der Waals surface area contributed by atoms with Crippen molar-refractivity contribution >= 4 is 24.2 Å². The van der Waals surface area contributed by atoms with Gasteiger partial charge in [-0.1, -0.05) is 0 Å². The Labute approximate surface area is 176 Å². The number of nitrogens with zero attached hydrogens (tertiary/aromatic N) is 4. The molecule has 4 N–H and O–H groups in total. The fraction of sp³-hybridized carbons (Fsp3) is 0.737. The lowest BCUT2D eigenvalue weighted by molar-refractivity contribution is -0.123. The number of anilines is 1. The Hall–Kier alpha value is -2.69. The summed E-state index contributed by atoms with van der Waals surface area (Å²) in [4.78, 5) is 38.5. The molecular weight excluding hydrogens is 390 g/mol. The lowest BCUT2D eigenvalue weighted by atomic mass is 10.1. The predicted octanol–water partition coefficient (Wildman–Crippen LogP) is -0.187. The lowest BCUT2D eigenvalue weighted by Gasteiger charge is -2.30. The zero-order chi connectivity index (χ0) is 21.9. The van der Waals surface area contributed by atoms with E-state index in [0.29, 0.717) is 38.0 Å². The molecule has 11 heteroatoms. The maximum Gasteiger partial charge on any atom is 0.290 e. The molecule has 11 nitrogen and oxygen atoms in total. The van der Waals surface area contributed by atoms with E-state index >= 15 is 0 Å². The standard InChI is InChI=1S/C18H31N7O2.CH2O2/c1-13(26)21-10-16-6-5-15(25(16)11-14-3-4-14)9-17(27)19-7-8-20-18-22-12-23-24(18)2;2-1-3/h12,14-16H,3-11H2,1-2H3,(H,19,27)(H,21,26)(H,20,22,23);1H,(H,2,3)/t15-,16+;/m0./s1. The smallest absolute Gasteiger partial charge is 0.290 e. The summed E-state index contributed by atoms with van der Waals surface area (Å²) in [5, 5.41) is 20.0. The Morgan fingerprint density at radius 1 is 1.20 bits per heavy atom. The maximum absolute atomic E-state index is 12.4. The third-order valence-electron chi connectivity index (χ3n) is 5.39. The second-order valence-corrected chi connectivity index (χ2v) is 7.76. The molecule has 1 aliphatic heterocycles. The summed E-state index contributed by atoms with van der Waals surface area (Å²) in [5.41, 5.74) is 0. The second-order valence-electron chi connectivity index (χ2n) is 7.76. The number of rotatable bonds is 10. The van der Waals surface area contributed by atoms with Crippen molar-refractivity contribution in [2.75, 3.05) is 31.5 Å². The fourth-order valence-electron chi connectivity index (χ4n) is 3.73. The quantitative estimate of drug-likeness (QED) is 0.300. The van der Waals surface area contributed by atoms with Gasteiger partial charge in [-0.15, -0.1) is 0 Å². The number of aromatic nitrogens is 3. The van der Waals surface area contributed by atoms with Gasteiger partial charge in [-0.25, -0.2) is 4.68 Å². The summed E-state index contributed by atoms with van der Waals surface area (Å²) in [6.07, 6.45) is 6.65. The molecule has 2 amide bonds. The van der Waals surface area contributed by atoms with Crippen LogP contribution in [0.4, 0.5) is 5.95 Å². The first-order valence-electron chi connectivity index (χ1n) is 10.4. The second kappa shape index (κ2) is 12.1. The number of aryl methyl sites for hydroxylation is 1. The molecule has 2 aliphatic rings. The summed E-state index contributed by atoms with van der Waals surface area (Å²) < 4.78 is 1.66.